The predicted octanol–water partition coefficient (Wildman–Crippen LogP) is 21.6. The van der Waals surface area contributed by atoms with Crippen molar-refractivity contribution in [1.29, 1.82) is 0 Å². The summed E-state index contributed by atoms with van der Waals surface area (Å²) in [5.41, 5.74) is 10.3. The first-order chi connectivity index (χ1) is 37.7. The molecule has 0 aliphatic carbocycles. The van der Waals surface area contributed by atoms with Crippen molar-refractivity contribution in [2.45, 2.75) is 0 Å². The second kappa shape index (κ2) is 18.0. The smallest absolute Gasteiger partial charge is 0.00199 e. The third-order valence-electron chi connectivity index (χ3n) is 16.0. The highest BCUT2D eigenvalue weighted by atomic mass is 14.2. The first-order valence-corrected chi connectivity index (χ1v) is 26.4. The van der Waals surface area contributed by atoms with Crippen LogP contribution in [0, 0.1) is 0 Å². The van der Waals surface area contributed by atoms with Crippen LogP contribution in [0.25, 0.3) is 152 Å². The molecule has 0 N–H and O–H groups in total. The molecule has 0 bridgehead atoms. The third-order valence-corrected chi connectivity index (χ3v) is 16.0. The molecule has 0 saturated carbocycles. The zero-order chi connectivity index (χ0) is 50.1. The average Bonchev–Trinajstić information content (AvgIpc) is 3.59. The van der Waals surface area contributed by atoms with Crippen molar-refractivity contribution in [2.75, 3.05) is 0 Å². The Morgan fingerprint density at radius 3 is 0.697 bits per heavy atom. The molecule has 0 unspecified atom stereocenters. The number of rotatable bonds is 4. The lowest BCUT2D eigenvalue weighted by molar-refractivity contribution is 1.68. The van der Waals surface area contributed by atoms with Crippen LogP contribution in [0.2, 0.25) is 0 Å². The lowest BCUT2D eigenvalue weighted by atomic mass is 9.82. The number of hydrogen-bond acceptors (Lipinski definition) is 0. The van der Waals surface area contributed by atoms with E-state index in [4.69, 9.17) is 0 Å². The van der Waals surface area contributed by atoms with Crippen molar-refractivity contribution in [3.05, 3.63) is 291 Å². The zero-order valence-corrected chi connectivity index (χ0v) is 41.7. The van der Waals surface area contributed by atoms with E-state index in [1.165, 1.54) is 152 Å². The largest absolute Gasteiger partial charge is 0.0616 e. The van der Waals surface area contributed by atoms with Crippen molar-refractivity contribution in [2.24, 2.45) is 0 Å². The molecule has 0 amide bonds. The fourth-order valence-corrected chi connectivity index (χ4v) is 12.7. The summed E-state index contributed by atoms with van der Waals surface area (Å²) in [4.78, 5) is 0. The highest BCUT2D eigenvalue weighted by Crippen LogP contribution is 2.49. The summed E-state index contributed by atoms with van der Waals surface area (Å²) < 4.78 is 0. The SMILES string of the molecule is c1ccc2c(c1)cc(-c1c3ccccc3c(-c3cc4ccccc4c4ccccc34)c3ccccc13)c1ccccc12.c1ccc2cc(-c3c4ccccc4c(-c4ccc5ccccc5c4)c4ccccc34)ccc2c1. The summed E-state index contributed by atoms with van der Waals surface area (Å²) in [6, 6.07) is 107. The van der Waals surface area contributed by atoms with Gasteiger partial charge in [-0.05, 0) is 176 Å². The highest BCUT2D eigenvalue weighted by molar-refractivity contribution is 6.29. The maximum atomic E-state index is 2.40. The van der Waals surface area contributed by atoms with E-state index in [0.29, 0.717) is 0 Å². The average molecular weight is 961 g/mol. The molecule has 0 aliphatic rings. The van der Waals surface area contributed by atoms with Gasteiger partial charge in [0, 0.05) is 0 Å². The van der Waals surface area contributed by atoms with E-state index in [1.807, 2.05) is 0 Å². The van der Waals surface area contributed by atoms with E-state index in [-0.39, 0.29) is 0 Å². The van der Waals surface area contributed by atoms with E-state index < -0.39 is 0 Å². The third kappa shape index (κ3) is 7.07. The monoisotopic (exact) mass is 960 g/mol. The van der Waals surface area contributed by atoms with Gasteiger partial charge in [-0.2, -0.15) is 0 Å². The molecule has 16 rings (SSSR count). The molecule has 0 fully saturated rings. The summed E-state index contributed by atoms with van der Waals surface area (Å²) in [5, 5.41) is 25.7. The van der Waals surface area contributed by atoms with E-state index in [0.717, 1.165) is 0 Å². The Labute approximate surface area is 441 Å². The standard InChI is InChI=1S/C42H26.C34H22/c1-3-15-29-27(13-1)25-39(33-19-7-5-17-31(29)33)41-35-21-9-11-23-37(35)42(38-24-12-10-22-36(38)41)40-26-28-14-2-4-16-30(28)32-18-6-8-20-34(32)40;1-3-11-25-21-27(19-17-23(25)9-1)33-29-13-5-7-15-31(29)34(32-16-8-6-14-30(32)33)28-20-18-24-10-2-4-12-26(24)22-28/h1-26H;1-22H. The van der Waals surface area contributed by atoms with Crippen molar-refractivity contribution < 1.29 is 0 Å². The molecular weight excluding hydrogens is 913 g/mol. The van der Waals surface area contributed by atoms with Gasteiger partial charge < -0.3 is 0 Å². The van der Waals surface area contributed by atoms with Crippen molar-refractivity contribution in [3.8, 4) is 44.5 Å². The molecule has 16 aromatic rings. The zero-order valence-electron chi connectivity index (χ0n) is 41.7. The molecule has 0 saturated heterocycles. The van der Waals surface area contributed by atoms with Gasteiger partial charge in [0.2, 0.25) is 0 Å². The number of fused-ring (bicyclic) bond motifs is 12. The van der Waals surface area contributed by atoms with Crippen molar-refractivity contribution in [3.63, 3.8) is 0 Å². The maximum absolute atomic E-state index is 2.40. The van der Waals surface area contributed by atoms with E-state index in [9.17, 15) is 0 Å². The Kier molecular flexibility index (Phi) is 10.3. The minimum atomic E-state index is 1.26. The Bertz CT molecular complexity index is 4570. The Balaban J connectivity index is 0.000000136. The molecule has 352 valence electrons. The molecule has 0 aromatic heterocycles. The summed E-state index contributed by atoms with van der Waals surface area (Å²) in [6.07, 6.45) is 0. The summed E-state index contributed by atoms with van der Waals surface area (Å²) in [7, 11) is 0. The summed E-state index contributed by atoms with van der Waals surface area (Å²) >= 11 is 0. The second-order valence-corrected chi connectivity index (χ2v) is 20.2. The Hall–Kier alpha value is -9.88. The maximum Gasteiger partial charge on any atom is -0.00199 e. The van der Waals surface area contributed by atoms with Crippen molar-refractivity contribution in [1.82, 2.24) is 0 Å². The van der Waals surface area contributed by atoms with Crippen LogP contribution in [0.5, 0.6) is 0 Å². The minimum absolute atomic E-state index is 1.26. The van der Waals surface area contributed by atoms with Crippen LogP contribution in [0.1, 0.15) is 0 Å². The normalized spacial score (nSPS) is 11.7. The van der Waals surface area contributed by atoms with Gasteiger partial charge in [-0.3, -0.25) is 0 Å². The molecule has 0 heteroatoms. The second-order valence-electron chi connectivity index (χ2n) is 20.2. The van der Waals surface area contributed by atoms with Gasteiger partial charge in [-0.15, -0.1) is 0 Å². The molecule has 16 aromatic carbocycles. The molecule has 0 radical (unpaired) electrons. The van der Waals surface area contributed by atoms with Crippen LogP contribution >= 0.6 is 0 Å². The van der Waals surface area contributed by atoms with Gasteiger partial charge in [-0.1, -0.05) is 267 Å². The van der Waals surface area contributed by atoms with Crippen LogP contribution in [-0.4, -0.2) is 0 Å². The van der Waals surface area contributed by atoms with Gasteiger partial charge in [0.15, 0.2) is 0 Å². The summed E-state index contributed by atoms with van der Waals surface area (Å²) in [5.74, 6) is 0. The molecule has 0 heterocycles. The van der Waals surface area contributed by atoms with Crippen LogP contribution < -0.4 is 0 Å². The molecule has 76 heavy (non-hydrogen) atoms. The lowest BCUT2D eigenvalue weighted by Crippen LogP contribution is -1.93. The molecule has 0 atom stereocenters. The van der Waals surface area contributed by atoms with E-state index >= 15 is 0 Å². The fourth-order valence-electron chi connectivity index (χ4n) is 12.7. The van der Waals surface area contributed by atoms with E-state index in [1.54, 1.807) is 0 Å². The van der Waals surface area contributed by atoms with Crippen molar-refractivity contribution >= 4 is 108 Å². The van der Waals surface area contributed by atoms with Gasteiger partial charge in [-0.25, -0.2) is 0 Å². The Morgan fingerprint density at radius 1 is 0.132 bits per heavy atom. The number of benzene rings is 16. The predicted molar refractivity (Wildman–Crippen MR) is 330 cm³/mol. The fraction of sp³-hybridized carbons (Fsp3) is 0. The lowest BCUT2D eigenvalue weighted by Gasteiger charge is -2.21. The van der Waals surface area contributed by atoms with Crippen LogP contribution in [0.15, 0.2) is 291 Å². The molecule has 0 aliphatic heterocycles. The first kappa shape index (κ1) is 43.7. The number of hydrogen-bond donors (Lipinski definition) is 0. The Morgan fingerprint density at radius 2 is 0.368 bits per heavy atom. The molecular formula is C76H48. The van der Waals surface area contributed by atoms with Crippen LogP contribution in [-0.2, 0) is 0 Å². The quantitative estimate of drug-likeness (QED) is 0.122. The highest BCUT2D eigenvalue weighted by Gasteiger charge is 2.21. The van der Waals surface area contributed by atoms with Crippen LogP contribution in [0.3, 0.4) is 0 Å². The van der Waals surface area contributed by atoms with Gasteiger partial charge in [0.1, 0.15) is 0 Å². The topological polar surface area (TPSA) is 0 Å². The first-order valence-electron chi connectivity index (χ1n) is 26.4. The molecule has 0 nitrogen and oxygen atoms in total. The van der Waals surface area contributed by atoms with E-state index in [2.05, 4.69) is 291 Å². The van der Waals surface area contributed by atoms with Gasteiger partial charge in [0.05, 0.1) is 0 Å². The van der Waals surface area contributed by atoms with Gasteiger partial charge in [0.25, 0.3) is 0 Å². The van der Waals surface area contributed by atoms with Crippen LogP contribution in [0.4, 0.5) is 0 Å². The minimum Gasteiger partial charge on any atom is -0.0616 e. The summed E-state index contributed by atoms with van der Waals surface area (Å²) in [6.45, 7) is 0. The van der Waals surface area contributed by atoms with Gasteiger partial charge >= 0.3 is 0 Å². The molecule has 0 spiro atoms.